The van der Waals surface area contributed by atoms with E-state index in [1.54, 1.807) is 0 Å². The third kappa shape index (κ3) is 2.70. The quantitative estimate of drug-likeness (QED) is 0.221. The molecule has 200 valence electrons. The molecule has 1 N–H and O–H groups in total. The zero-order valence-electron chi connectivity index (χ0n) is 22.8. The highest BCUT2D eigenvalue weighted by atomic mass is 16.3. The van der Waals surface area contributed by atoms with Gasteiger partial charge in [-0.15, -0.1) is 0 Å². The van der Waals surface area contributed by atoms with Gasteiger partial charge in [0.05, 0.1) is 33.9 Å². The maximum Gasteiger partial charge on any atom is 0.162 e. The number of rotatable bonds is 1. The summed E-state index contributed by atoms with van der Waals surface area (Å²) in [6.07, 6.45) is 8.43. The van der Waals surface area contributed by atoms with Gasteiger partial charge in [-0.1, -0.05) is 60.7 Å². The molecule has 0 saturated heterocycles. The molecule has 1 aliphatic carbocycles. The average molecular weight is 552 g/mol. The highest BCUT2D eigenvalue weighted by Gasteiger charge is 2.30. The van der Waals surface area contributed by atoms with Crippen LogP contribution in [0.15, 0.2) is 129 Å². The van der Waals surface area contributed by atoms with Crippen LogP contribution < -0.4 is 5.32 Å². The Balaban J connectivity index is 1.30. The summed E-state index contributed by atoms with van der Waals surface area (Å²) in [5.74, 6) is 0.937. The number of nitrogens with zero attached hydrogens (tertiary/aromatic N) is 2. The van der Waals surface area contributed by atoms with Crippen molar-refractivity contribution in [3.8, 4) is 11.1 Å². The van der Waals surface area contributed by atoms with Crippen molar-refractivity contribution in [2.24, 2.45) is 4.99 Å². The molecular weight excluding hydrogens is 530 g/mol. The van der Waals surface area contributed by atoms with Gasteiger partial charge in [0.15, 0.2) is 5.82 Å². The molecule has 1 atom stereocenters. The fraction of sp³-hybridized carbons (Fsp3) is 0.0263. The van der Waals surface area contributed by atoms with Crippen molar-refractivity contribution in [1.82, 2.24) is 4.40 Å². The smallest absolute Gasteiger partial charge is 0.162 e. The van der Waals surface area contributed by atoms with E-state index in [1.807, 2.05) is 24.3 Å². The Morgan fingerprint density at radius 2 is 1.35 bits per heavy atom. The fourth-order valence-electron chi connectivity index (χ4n) is 7.43. The summed E-state index contributed by atoms with van der Waals surface area (Å²) in [5, 5.41) is 11.9. The summed E-state index contributed by atoms with van der Waals surface area (Å²) in [4.78, 5) is 5.29. The third-order valence-electron chi connectivity index (χ3n) is 9.31. The Hall–Kier alpha value is -5.81. The lowest BCUT2D eigenvalue weighted by Gasteiger charge is -2.23. The number of aliphatic imine (C=N–C) groups is 1. The van der Waals surface area contributed by atoms with E-state index in [4.69, 9.17) is 13.8 Å². The molecule has 4 aromatic heterocycles. The highest BCUT2D eigenvalue weighted by molar-refractivity contribution is 6.29. The zero-order chi connectivity index (χ0) is 27.8. The largest absolute Gasteiger partial charge is 0.456 e. The lowest BCUT2D eigenvalue weighted by Crippen LogP contribution is -2.29. The summed E-state index contributed by atoms with van der Waals surface area (Å²) in [6.45, 7) is 0. The lowest BCUT2D eigenvalue weighted by atomic mass is 9.97. The number of benzene rings is 5. The van der Waals surface area contributed by atoms with Crippen molar-refractivity contribution in [1.29, 1.82) is 0 Å². The molecule has 5 nitrogen and oxygen atoms in total. The standard InChI is InChI=1S/C38H21N3O2/c1-5-11-30-22(7-1)25-17-20(13-15-32(25)42-30)21-18-26-23-14-16-33-34(24-8-2-6-12-31(24)43-33)37(23)41-36(26)27(19-21)35-38(41)40-29-10-4-3-9-28(29)39-35/h1-19,28,39H. The topological polar surface area (TPSA) is 55.1 Å². The summed E-state index contributed by atoms with van der Waals surface area (Å²) >= 11 is 0. The van der Waals surface area contributed by atoms with Gasteiger partial charge in [0, 0.05) is 32.3 Å². The summed E-state index contributed by atoms with van der Waals surface area (Å²) in [6, 6.07) is 32.1. The van der Waals surface area contributed by atoms with Crippen LogP contribution in [0.2, 0.25) is 0 Å². The van der Waals surface area contributed by atoms with Crippen LogP contribution in [0.3, 0.4) is 0 Å². The van der Waals surface area contributed by atoms with Crippen LogP contribution in [0.1, 0.15) is 0 Å². The van der Waals surface area contributed by atoms with Gasteiger partial charge in [-0.2, -0.15) is 0 Å². The predicted octanol–water partition coefficient (Wildman–Crippen LogP) is 10.1. The van der Waals surface area contributed by atoms with Crippen LogP contribution in [-0.2, 0) is 0 Å². The molecule has 43 heavy (non-hydrogen) atoms. The number of anilines is 1. The third-order valence-corrected chi connectivity index (χ3v) is 9.31. The molecule has 0 saturated carbocycles. The first-order valence-electron chi connectivity index (χ1n) is 14.6. The SMILES string of the molecule is C1=CC2=Nc3c(c4cc(-c5ccc6oc7ccccc7c6c5)cc5c6ccc7oc8ccccc8c7c6n3c45)NC2C=C1. The molecule has 0 fully saturated rings. The Bertz CT molecular complexity index is 2770. The van der Waals surface area contributed by atoms with Gasteiger partial charge in [0.25, 0.3) is 0 Å². The fourth-order valence-corrected chi connectivity index (χ4v) is 7.43. The second kappa shape index (κ2) is 7.52. The molecule has 0 amide bonds. The van der Waals surface area contributed by atoms with Crippen LogP contribution in [0.5, 0.6) is 0 Å². The first-order chi connectivity index (χ1) is 21.3. The summed E-state index contributed by atoms with van der Waals surface area (Å²) in [5.41, 5.74) is 10.3. The van der Waals surface area contributed by atoms with Gasteiger partial charge in [-0.3, -0.25) is 4.40 Å². The molecule has 0 bridgehead atoms. The van der Waals surface area contributed by atoms with Gasteiger partial charge in [0.1, 0.15) is 22.3 Å². The van der Waals surface area contributed by atoms with E-state index in [2.05, 4.69) is 101 Å². The van der Waals surface area contributed by atoms with Gasteiger partial charge >= 0.3 is 0 Å². The molecule has 5 heteroatoms. The molecule has 5 heterocycles. The second-order valence-electron chi connectivity index (χ2n) is 11.6. The lowest BCUT2D eigenvalue weighted by molar-refractivity contribution is 0.668. The molecule has 1 unspecified atom stereocenters. The van der Waals surface area contributed by atoms with Crippen molar-refractivity contribution in [3.63, 3.8) is 0 Å². The molecular formula is C38H21N3O2. The van der Waals surface area contributed by atoms with Gasteiger partial charge in [-0.05, 0) is 65.7 Å². The van der Waals surface area contributed by atoms with Crippen LogP contribution in [0, 0.1) is 0 Å². The predicted molar refractivity (Wildman–Crippen MR) is 176 cm³/mol. The number of hydrogen-bond acceptors (Lipinski definition) is 4. The number of furan rings is 2. The average Bonchev–Trinajstić information content (AvgIpc) is 3.79. The monoisotopic (exact) mass is 551 g/mol. The number of fused-ring (bicyclic) bond motifs is 14. The molecule has 11 rings (SSSR count). The maximum absolute atomic E-state index is 6.35. The molecule has 2 aliphatic rings. The number of allylic oxidation sites excluding steroid dienone is 2. The molecule has 1 aliphatic heterocycles. The van der Waals surface area contributed by atoms with Gasteiger partial charge < -0.3 is 14.2 Å². The van der Waals surface area contributed by atoms with E-state index in [0.717, 1.165) is 77.7 Å². The molecule has 0 spiro atoms. The van der Waals surface area contributed by atoms with Crippen molar-refractivity contribution in [3.05, 3.63) is 115 Å². The number of hydrogen-bond donors (Lipinski definition) is 1. The van der Waals surface area contributed by atoms with E-state index in [0.29, 0.717) is 0 Å². The second-order valence-corrected chi connectivity index (χ2v) is 11.6. The Labute approximate surface area is 244 Å². The summed E-state index contributed by atoms with van der Waals surface area (Å²) < 4.78 is 14.9. The number of aromatic nitrogens is 1. The molecule has 0 radical (unpaired) electrons. The van der Waals surface area contributed by atoms with E-state index in [-0.39, 0.29) is 6.04 Å². The van der Waals surface area contributed by atoms with Crippen LogP contribution in [0.4, 0.5) is 11.5 Å². The van der Waals surface area contributed by atoms with Crippen LogP contribution in [-0.4, -0.2) is 16.2 Å². The normalized spacial score (nSPS) is 16.3. The zero-order valence-corrected chi connectivity index (χ0v) is 22.8. The highest BCUT2D eigenvalue weighted by Crippen LogP contribution is 2.50. The Morgan fingerprint density at radius 1 is 0.605 bits per heavy atom. The van der Waals surface area contributed by atoms with Crippen molar-refractivity contribution in [2.45, 2.75) is 6.04 Å². The summed E-state index contributed by atoms with van der Waals surface area (Å²) in [7, 11) is 0. The van der Waals surface area contributed by atoms with Crippen LogP contribution >= 0.6 is 0 Å². The van der Waals surface area contributed by atoms with Crippen molar-refractivity contribution in [2.75, 3.05) is 5.32 Å². The van der Waals surface area contributed by atoms with Crippen LogP contribution in [0.25, 0.3) is 82.2 Å². The first-order valence-corrected chi connectivity index (χ1v) is 14.6. The first kappa shape index (κ1) is 21.9. The van der Waals surface area contributed by atoms with E-state index in [9.17, 15) is 0 Å². The minimum atomic E-state index is 0.0433. The maximum atomic E-state index is 6.35. The van der Waals surface area contributed by atoms with Crippen molar-refractivity contribution >= 4 is 88.3 Å². The van der Waals surface area contributed by atoms with E-state index in [1.165, 1.54) is 21.7 Å². The van der Waals surface area contributed by atoms with Gasteiger partial charge in [-0.25, -0.2) is 4.99 Å². The number of para-hydroxylation sites is 2. The minimum Gasteiger partial charge on any atom is -0.456 e. The minimum absolute atomic E-state index is 0.0433. The molecule has 5 aromatic carbocycles. The van der Waals surface area contributed by atoms with E-state index < -0.39 is 0 Å². The van der Waals surface area contributed by atoms with Gasteiger partial charge in [0.2, 0.25) is 0 Å². The van der Waals surface area contributed by atoms with E-state index >= 15 is 0 Å². The van der Waals surface area contributed by atoms with Crippen molar-refractivity contribution < 1.29 is 8.83 Å². The Kier molecular flexibility index (Phi) is 3.83. The molecule has 9 aromatic rings. The number of nitrogens with one attached hydrogen (secondary N) is 1. The Morgan fingerprint density at radius 3 is 2.28 bits per heavy atom.